The van der Waals surface area contributed by atoms with E-state index in [-0.39, 0.29) is 6.04 Å². The molecule has 0 amide bonds. The molecule has 122 valence electrons. The fourth-order valence-electron chi connectivity index (χ4n) is 3.82. The summed E-state index contributed by atoms with van der Waals surface area (Å²) in [6.45, 7) is 6.10. The van der Waals surface area contributed by atoms with Crippen LogP contribution in [-0.4, -0.2) is 68.4 Å². The number of aliphatic carboxylic acids is 1. The minimum Gasteiger partial charge on any atom is -0.481 e. The van der Waals surface area contributed by atoms with Crippen LogP contribution in [0.5, 0.6) is 0 Å². The molecule has 2 aliphatic rings. The molecule has 8 heteroatoms. The van der Waals surface area contributed by atoms with E-state index in [0.29, 0.717) is 6.54 Å². The Morgan fingerprint density at radius 1 is 1.50 bits per heavy atom. The highest BCUT2D eigenvalue weighted by atomic mass is 16.4. The van der Waals surface area contributed by atoms with Crippen LogP contribution >= 0.6 is 0 Å². The zero-order valence-electron chi connectivity index (χ0n) is 13.0. The maximum Gasteiger partial charge on any atom is 0.312 e. The second kappa shape index (κ2) is 6.29. The maximum atomic E-state index is 11.9. The molecule has 0 spiro atoms. The Morgan fingerprint density at radius 3 is 3.09 bits per heavy atom. The first-order valence-corrected chi connectivity index (χ1v) is 8.04. The van der Waals surface area contributed by atoms with E-state index in [1.807, 2.05) is 6.92 Å². The molecule has 1 aromatic heterocycles. The number of hydrogen-bond donors (Lipinski definition) is 2. The topological polar surface area (TPSA) is 96.2 Å². The van der Waals surface area contributed by atoms with Crippen molar-refractivity contribution in [3.63, 3.8) is 0 Å². The summed E-state index contributed by atoms with van der Waals surface area (Å²) in [6, 6.07) is 0.122. The molecule has 1 aromatic rings. The summed E-state index contributed by atoms with van der Waals surface area (Å²) in [6.07, 6.45) is 3.57. The predicted octanol–water partition coefficient (Wildman–Crippen LogP) is -0.0997. The molecule has 3 rings (SSSR count). The average Bonchev–Trinajstić information content (AvgIpc) is 2.92. The smallest absolute Gasteiger partial charge is 0.312 e. The Labute approximate surface area is 129 Å². The first kappa shape index (κ1) is 15.4. The van der Waals surface area contributed by atoms with Crippen LogP contribution in [0.25, 0.3) is 0 Å². The number of aromatic nitrogens is 4. The van der Waals surface area contributed by atoms with Gasteiger partial charge in [-0.3, -0.25) is 4.79 Å². The highest BCUT2D eigenvalue weighted by molar-refractivity contribution is 5.76. The van der Waals surface area contributed by atoms with E-state index in [9.17, 15) is 9.90 Å². The molecule has 2 unspecified atom stereocenters. The van der Waals surface area contributed by atoms with E-state index >= 15 is 0 Å². The number of likely N-dealkylation sites (tertiary alicyclic amines) is 1. The minimum atomic E-state index is -0.647. The summed E-state index contributed by atoms with van der Waals surface area (Å²) in [5.41, 5.74) is -0.610. The summed E-state index contributed by atoms with van der Waals surface area (Å²) >= 11 is 0. The molecule has 22 heavy (non-hydrogen) atoms. The quantitative estimate of drug-likeness (QED) is 0.784. The number of carboxylic acid groups (broad SMARTS) is 1. The van der Waals surface area contributed by atoms with Crippen LogP contribution in [0.2, 0.25) is 0 Å². The van der Waals surface area contributed by atoms with Crippen molar-refractivity contribution in [3.8, 4) is 0 Å². The van der Waals surface area contributed by atoms with Gasteiger partial charge in [-0.15, -0.1) is 5.10 Å². The molecule has 2 fully saturated rings. The molecular weight excluding hydrogens is 284 g/mol. The lowest BCUT2D eigenvalue weighted by Crippen LogP contribution is -2.63. The molecule has 3 heterocycles. The van der Waals surface area contributed by atoms with Crippen molar-refractivity contribution >= 4 is 5.97 Å². The summed E-state index contributed by atoms with van der Waals surface area (Å²) in [7, 11) is 0. The predicted molar refractivity (Wildman–Crippen MR) is 79.3 cm³/mol. The molecule has 2 N–H and O–H groups in total. The van der Waals surface area contributed by atoms with Gasteiger partial charge in [-0.05, 0) is 62.7 Å². The normalized spacial score (nSPS) is 29.2. The zero-order valence-corrected chi connectivity index (χ0v) is 13.0. The highest BCUT2D eigenvalue weighted by Crippen LogP contribution is 2.37. The second-order valence-corrected chi connectivity index (χ2v) is 6.44. The lowest BCUT2D eigenvalue weighted by molar-refractivity contribution is -0.157. The molecule has 0 saturated carbocycles. The third kappa shape index (κ3) is 2.85. The minimum absolute atomic E-state index is 0.122. The summed E-state index contributed by atoms with van der Waals surface area (Å²) < 4.78 is 1.79. The molecule has 0 bridgehead atoms. The number of nitrogens with one attached hydrogen (secondary N) is 1. The highest BCUT2D eigenvalue weighted by Gasteiger charge is 2.50. The van der Waals surface area contributed by atoms with Gasteiger partial charge in [0.2, 0.25) is 0 Å². The van der Waals surface area contributed by atoms with E-state index in [1.54, 1.807) is 4.68 Å². The zero-order chi connectivity index (χ0) is 15.6. The lowest BCUT2D eigenvalue weighted by atomic mass is 9.70. The van der Waals surface area contributed by atoms with Gasteiger partial charge in [0, 0.05) is 19.1 Å². The Bertz CT molecular complexity index is 533. The van der Waals surface area contributed by atoms with Crippen molar-refractivity contribution in [1.29, 1.82) is 0 Å². The molecule has 2 atom stereocenters. The van der Waals surface area contributed by atoms with Crippen molar-refractivity contribution < 1.29 is 9.90 Å². The van der Waals surface area contributed by atoms with Crippen LogP contribution in [0.15, 0.2) is 0 Å². The SMILES string of the molecule is Cc1nnnn1CCCN1CCC2NCCCC2(C(=O)O)C1. The summed E-state index contributed by atoms with van der Waals surface area (Å²) in [4.78, 5) is 14.2. The molecular formula is C14H24N6O2. The Kier molecular flexibility index (Phi) is 4.39. The number of hydrogen-bond acceptors (Lipinski definition) is 6. The average molecular weight is 308 g/mol. The van der Waals surface area contributed by atoms with Crippen molar-refractivity contribution in [3.05, 3.63) is 5.82 Å². The third-order valence-electron chi connectivity index (χ3n) is 5.08. The molecule has 2 saturated heterocycles. The number of carboxylic acids is 1. The van der Waals surface area contributed by atoms with Crippen LogP contribution in [0.4, 0.5) is 0 Å². The van der Waals surface area contributed by atoms with E-state index in [1.165, 1.54) is 0 Å². The number of piperidine rings is 2. The number of carbonyl (C=O) groups is 1. The molecule has 2 aliphatic heterocycles. The van der Waals surface area contributed by atoms with Gasteiger partial charge in [0.1, 0.15) is 5.82 Å². The summed E-state index contributed by atoms with van der Waals surface area (Å²) in [5, 5.41) is 24.6. The summed E-state index contributed by atoms with van der Waals surface area (Å²) in [5.74, 6) is 0.169. The van der Waals surface area contributed by atoms with Gasteiger partial charge >= 0.3 is 5.97 Å². The van der Waals surface area contributed by atoms with Crippen molar-refractivity contribution in [1.82, 2.24) is 30.4 Å². The van der Waals surface area contributed by atoms with Gasteiger partial charge in [0.05, 0.1) is 5.41 Å². The standard InChI is InChI=1S/C14H24N6O2/c1-11-16-17-18-20(11)8-3-7-19-9-4-12-14(10-19,13(21)22)5-2-6-15-12/h12,15H,2-10H2,1H3,(H,21,22). The number of rotatable bonds is 5. The monoisotopic (exact) mass is 308 g/mol. The van der Waals surface area contributed by atoms with E-state index in [4.69, 9.17) is 0 Å². The fourth-order valence-corrected chi connectivity index (χ4v) is 3.82. The molecule has 8 nitrogen and oxygen atoms in total. The van der Waals surface area contributed by atoms with Crippen molar-refractivity contribution in [2.75, 3.05) is 26.2 Å². The van der Waals surface area contributed by atoms with Crippen LogP contribution in [0.3, 0.4) is 0 Å². The van der Waals surface area contributed by atoms with Crippen LogP contribution in [-0.2, 0) is 11.3 Å². The molecule has 0 aliphatic carbocycles. The van der Waals surface area contributed by atoms with Gasteiger partial charge in [-0.2, -0.15) is 0 Å². The van der Waals surface area contributed by atoms with Gasteiger partial charge in [0.25, 0.3) is 0 Å². The first-order valence-electron chi connectivity index (χ1n) is 8.04. The lowest BCUT2D eigenvalue weighted by Gasteiger charge is -2.48. The van der Waals surface area contributed by atoms with Gasteiger partial charge < -0.3 is 15.3 Å². The Morgan fingerprint density at radius 2 is 2.36 bits per heavy atom. The second-order valence-electron chi connectivity index (χ2n) is 6.44. The van der Waals surface area contributed by atoms with Gasteiger partial charge in [-0.25, -0.2) is 4.68 Å². The maximum absolute atomic E-state index is 11.9. The first-order chi connectivity index (χ1) is 10.6. The third-order valence-corrected chi connectivity index (χ3v) is 5.08. The largest absolute Gasteiger partial charge is 0.481 e. The fraction of sp³-hybridized carbons (Fsp3) is 0.857. The molecule has 0 radical (unpaired) electrons. The van der Waals surface area contributed by atoms with Crippen LogP contribution in [0, 0.1) is 12.3 Å². The van der Waals surface area contributed by atoms with Gasteiger partial charge in [0.15, 0.2) is 0 Å². The number of fused-ring (bicyclic) bond motifs is 1. The number of nitrogens with zero attached hydrogens (tertiary/aromatic N) is 5. The number of aryl methyl sites for hydroxylation is 2. The van der Waals surface area contributed by atoms with Crippen molar-refractivity contribution in [2.45, 2.75) is 45.2 Å². The van der Waals surface area contributed by atoms with E-state index in [2.05, 4.69) is 25.7 Å². The Hall–Kier alpha value is -1.54. The van der Waals surface area contributed by atoms with Gasteiger partial charge in [-0.1, -0.05) is 0 Å². The van der Waals surface area contributed by atoms with Crippen molar-refractivity contribution in [2.24, 2.45) is 5.41 Å². The van der Waals surface area contributed by atoms with E-state index < -0.39 is 11.4 Å². The van der Waals surface area contributed by atoms with Crippen LogP contribution < -0.4 is 5.32 Å². The molecule has 0 aromatic carbocycles. The Balaban J connectivity index is 1.57. The number of tetrazole rings is 1. The van der Waals surface area contributed by atoms with E-state index in [0.717, 1.165) is 57.7 Å². The van der Waals surface area contributed by atoms with Crippen LogP contribution in [0.1, 0.15) is 31.5 Å².